The van der Waals surface area contributed by atoms with Crippen molar-refractivity contribution in [2.75, 3.05) is 6.54 Å². The van der Waals surface area contributed by atoms with Crippen LogP contribution in [0.1, 0.15) is 30.5 Å². The van der Waals surface area contributed by atoms with Crippen molar-refractivity contribution in [2.24, 2.45) is 4.99 Å². The number of fused-ring (bicyclic) bond motifs is 1. The van der Waals surface area contributed by atoms with Gasteiger partial charge in [-0.15, -0.1) is 0 Å². The molecule has 2 aliphatic heterocycles. The molecule has 1 aromatic carbocycles. The summed E-state index contributed by atoms with van der Waals surface area (Å²) in [6.07, 6.45) is 3.31. The highest BCUT2D eigenvalue weighted by Crippen LogP contribution is 2.25. The fourth-order valence-electron chi connectivity index (χ4n) is 3.08. The molecule has 0 aromatic heterocycles. The van der Waals surface area contributed by atoms with Crippen molar-refractivity contribution in [3.05, 3.63) is 69.7 Å². The maximum Gasteiger partial charge on any atom is 0.337 e. The van der Waals surface area contributed by atoms with E-state index < -0.39 is 5.97 Å². The fourth-order valence-corrected chi connectivity index (χ4v) is 3.08. The summed E-state index contributed by atoms with van der Waals surface area (Å²) in [5.41, 5.74) is 6.82. The number of amidine groups is 1. The van der Waals surface area contributed by atoms with E-state index in [0.29, 0.717) is 13.1 Å². The molecular weight excluding hydrogens is 314 g/mol. The average Bonchev–Trinajstić information content (AvgIpc) is 2.57. The number of benzene rings is 1. The average molecular weight is 337 g/mol. The summed E-state index contributed by atoms with van der Waals surface area (Å²) in [4.78, 5) is 18.0. The Morgan fingerprint density at radius 2 is 1.92 bits per heavy atom. The number of hydrogen-bond acceptors (Lipinski definition) is 4. The van der Waals surface area contributed by atoms with E-state index in [1.54, 1.807) is 12.3 Å². The third-order valence-corrected chi connectivity index (χ3v) is 4.83. The van der Waals surface area contributed by atoms with Gasteiger partial charge >= 0.3 is 5.97 Å². The molecule has 0 unspecified atom stereocenters. The lowest BCUT2D eigenvalue weighted by Gasteiger charge is -2.33. The van der Waals surface area contributed by atoms with E-state index in [1.165, 1.54) is 16.7 Å². The van der Waals surface area contributed by atoms with E-state index in [2.05, 4.69) is 36.3 Å². The molecule has 130 valence electrons. The van der Waals surface area contributed by atoms with Crippen LogP contribution in [0.4, 0.5) is 0 Å². The van der Waals surface area contributed by atoms with Gasteiger partial charge < -0.3 is 15.3 Å². The number of carboxylic acid groups (broad SMARTS) is 1. The van der Waals surface area contributed by atoms with Gasteiger partial charge in [0, 0.05) is 18.4 Å². The quantitative estimate of drug-likeness (QED) is 0.885. The lowest BCUT2D eigenvalue weighted by Crippen LogP contribution is -2.38. The normalized spacial score (nSPS) is 16.8. The Balaban J connectivity index is 1.92. The van der Waals surface area contributed by atoms with Crippen LogP contribution in [0.25, 0.3) is 0 Å². The number of hydrogen-bond donors (Lipinski definition) is 2. The molecule has 3 rings (SSSR count). The Morgan fingerprint density at radius 3 is 2.56 bits per heavy atom. The zero-order valence-electron chi connectivity index (χ0n) is 15.1. The number of carbonyl (C=O) groups is 1. The molecule has 0 saturated carbocycles. The van der Waals surface area contributed by atoms with Gasteiger partial charge in [-0.05, 0) is 56.0 Å². The van der Waals surface area contributed by atoms with Crippen molar-refractivity contribution < 1.29 is 9.90 Å². The minimum Gasteiger partial charge on any atom is -0.478 e. The highest BCUT2D eigenvalue weighted by molar-refractivity contribution is 6.05. The molecule has 1 aromatic rings. The number of carboxylic acids is 1. The highest BCUT2D eigenvalue weighted by atomic mass is 16.4. The topological polar surface area (TPSA) is 64.9 Å². The van der Waals surface area contributed by atoms with Crippen LogP contribution in [0.2, 0.25) is 0 Å². The predicted octanol–water partition coefficient (Wildman–Crippen LogP) is 3.27. The van der Waals surface area contributed by atoms with Crippen molar-refractivity contribution in [1.82, 2.24) is 10.2 Å². The van der Waals surface area contributed by atoms with E-state index in [0.717, 1.165) is 22.8 Å². The molecule has 25 heavy (non-hydrogen) atoms. The van der Waals surface area contributed by atoms with Gasteiger partial charge in [0.15, 0.2) is 5.84 Å². The van der Waals surface area contributed by atoms with Crippen molar-refractivity contribution in [3.8, 4) is 0 Å². The fraction of sp³-hybridized carbons (Fsp3) is 0.300. The van der Waals surface area contributed by atoms with Crippen molar-refractivity contribution in [3.63, 3.8) is 0 Å². The second-order valence-corrected chi connectivity index (χ2v) is 6.55. The van der Waals surface area contributed by atoms with E-state index in [-0.39, 0.29) is 5.57 Å². The van der Waals surface area contributed by atoms with Crippen LogP contribution in [-0.2, 0) is 11.3 Å². The van der Waals surface area contributed by atoms with Crippen LogP contribution in [0.15, 0.2) is 58.0 Å². The number of allylic oxidation sites excluding steroid dienone is 1. The first-order valence-electron chi connectivity index (χ1n) is 8.34. The van der Waals surface area contributed by atoms with Crippen LogP contribution < -0.4 is 5.32 Å². The molecule has 0 spiro atoms. The van der Waals surface area contributed by atoms with Gasteiger partial charge in [0.1, 0.15) is 0 Å². The molecule has 0 amide bonds. The molecule has 0 bridgehead atoms. The Bertz CT molecular complexity index is 839. The summed E-state index contributed by atoms with van der Waals surface area (Å²) in [6, 6.07) is 6.22. The molecule has 5 nitrogen and oxygen atoms in total. The second kappa shape index (κ2) is 6.59. The van der Waals surface area contributed by atoms with E-state index >= 15 is 0 Å². The molecular formula is C20H23N3O2. The molecule has 0 saturated heterocycles. The smallest absolute Gasteiger partial charge is 0.337 e. The standard InChI is InChI=1S/C20H23N3O2/c1-12-6-5-7-13(2)17(12)10-21-18-8-16(20(24)25)11-23-15(4)14(3)9-22-19(18)23/h5-8,11,21H,9-10H2,1-4H3,(H,24,25). The van der Waals surface area contributed by atoms with Crippen LogP contribution in [0.3, 0.4) is 0 Å². The molecule has 0 fully saturated rings. The number of nitrogens with one attached hydrogen (secondary N) is 1. The number of rotatable bonds is 4. The van der Waals surface area contributed by atoms with Crippen molar-refractivity contribution in [2.45, 2.75) is 34.2 Å². The van der Waals surface area contributed by atoms with Gasteiger partial charge in [0.2, 0.25) is 0 Å². The van der Waals surface area contributed by atoms with Gasteiger partial charge in [-0.3, -0.25) is 4.99 Å². The third kappa shape index (κ3) is 3.22. The van der Waals surface area contributed by atoms with Crippen LogP contribution in [-0.4, -0.2) is 28.4 Å². The van der Waals surface area contributed by atoms with Gasteiger partial charge in [0.25, 0.3) is 0 Å². The highest BCUT2D eigenvalue weighted by Gasteiger charge is 2.27. The van der Waals surface area contributed by atoms with Gasteiger partial charge in [0.05, 0.1) is 17.8 Å². The molecule has 0 aliphatic carbocycles. The van der Waals surface area contributed by atoms with Crippen molar-refractivity contribution in [1.29, 1.82) is 0 Å². The Hall–Kier alpha value is -2.82. The molecule has 2 N–H and O–H groups in total. The summed E-state index contributed by atoms with van der Waals surface area (Å²) in [5, 5.41) is 12.8. The van der Waals surface area contributed by atoms with E-state index in [4.69, 9.17) is 0 Å². The number of aliphatic imine (C=N–C) groups is 1. The van der Waals surface area contributed by atoms with Gasteiger partial charge in [-0.2, -0.15) is 0 Å². The molecule has 2 heterocycles. The summed E-state index contributed by atoms with van der Waals surface area (Å²) < 4.78 is 0. The minimum absolute atomic E-state index is 0.247. The van der Waals surface area contributed by atoms with Crippen LogP contribution in [0.5, 0.6) is 0 Å². The lowest BCUT2D eigenvalue weighted by molar-refractivity contribution is -0.132. The predicted molar refractivity (Wildman–Crippen MR) is 99.1 cm³/mol. The lowest BCUT2D eigenvalue weighted by atomic mass is 10.0. The first-order valence-corrected chi connectivity index (χ1v) is 8.34. The van der Waals surface area contributed by atoms with E-state index in [1.807, 2.05) is 24.8 Å². The summed E-state index contributed by atoms with van der Waals surface area (Å²) >= 11 is 0. The number of aryl methyl sites for hydroxylation is 2. The maximum atomic E-state index is 11.5. The van der Waals surface area contributed by atoms with Gasteiger partial charge in [-0.25, -0.2) is 4.79 Å². The Labute approximate surface area is 148 Å². The SMILES string of the molecule is CC1=C(C)N2C=C(C(=O)O)C=C(NCc3c(C)cccc3C)C2=NC1. The molecule has 0 radical (unpaired) electrons. The maximum absolute atomic E-state index is 11.5. The largest absolute Gasteiger partial charge is 0.478 e. The third-order valence-electron chi connectivity index (χ3n) is 4.83. The zero-order chi connectivity index (χ0) is 18.1. The zero-order valence-corrected chi connectivity index (χ0v) is 15.1. The summed E-state index contributed by atoms with van der Waals surface area (Å²) in [6.45, 7) is 9.45. The molecule has 2 aliphatic rings. The van der Waals surface area contributed by atoms with E-state index in [9.17, 15) is 9.90 Å². The Morgan fingerprint density at radius 1 is 1.24 bits per heavy atom. The minimum atomic E-state index is -0.943. The molecule has 5 heteroatoms. The number of nitrogens with zero attached hydrogens (tertiary/aromatic N) is 2. The van der Waals surface area contributed by atoms with Crippen LogP contribution in [0, 0.1) is 13.8 Å². The summed E-state index contributed by atoms with van der Waals surface area (Å²) in [7, 11) is 0. The van der Waals surface area contributed by atoms with Gasteiger partial charge in [-0.1, -0.05) is 18.2 Å². The number of aliphatic carboxylic acids is 1. The molecule has 0 atom stereocenters. The van der Waals surface area contributed by atoms with Crippen molar-refractivity contribution >= 4 is 11.8 Å². The monoisotopic (exact) mass is 337 g/mol. The second-order valence-electron chi connectivity index (χ2n) is 6.55. The first-order chi connectivity index (χ1) is 11.9. The van der Waals surface area contributed by atoms with Crippen LogP contribution >= 0.6 is 0 Å². The Kier molecular flexibility index (Phi) is 4.49. The summed E-state index contributed by atoms with van der Waals surface area (Å²) in [5.74, 6) is -0.166. The first kappa shape index (κ1) is 17.0.